The van der Waals surface area contributed by atoms with E-state index in [1.165, 1.54) is 12.1 Å². The van der Waals surface area contributed by atoms with Crippen LogP contribution in [0.2, 0.25) is 0 Å². The fraction of sp³-hybridized carbons (Fsp3) is 0.176. The molecule has 2 aromatic carbocycles. The third kappa shape index (κ3) is 4.70. The normalized spacial score (nSPS) is 11.1. The molecule has 22 heavy (non-hydrogen) atoms. The minimum atomic E-state index is -0.491. The Morgan fingerprint density at radius 2 is 1.82 bits per heavy atom. The van der Waals surface area contributed by atoms with Crippen LogP contribution in [0.25, 0.3) is 0 Å². The fourth-order valence-electron chi connectivity index (χ4n) is 1.81. The number of halogens is 1. The topological polar surface area (TPSA) is 50.7 Å². The number of rotatable bonds is 6. The van der Waals surface area contributed by atoms with Crippen molar-refractivity contribution < 1.29 is 13.9 Å². The van der Waals surface area contributed by atoms with E-state index < -0.39 is 5.97 Å². The summed E-state index contributed by atoms with van der Waals surface area (Å²) in [6.45, 7) is 2.00. The lowest BCUT2D eigenvalue weighted by atomic mass is 10.1. The van der Waals surface area contributed by atoms with Crippen molar-refractivity contribution >= 4 is 17.4 Å². The first-order valence-electron chi connectivity index (χ1n) is 6.98. The highest BCUT2D eigenvalue weighted by atomic mass is 19.1. The van der Waals surface area contributed by atoms with Gasteiger partial charge in [0.15, 0.2) is 0 Å². The molecule has 4 nitrogen and oxygen atoms in total. The average molecular weight is 300 g/mol. The van der Waals surface area contributed by atoms with Crippen LogP contribution in [0.4, 0.5) is 10.1 Å². The van der Waals surface area contributed by atoms with E-state index in [4.69, 9.17) is 4.74 Å². The number of ether oxygens (including phenoxy) is 1. The minimum absolute atomic E-state index is 0.234. The molecule has 5 heteroatoms. The first-order valence-corrected chi connectivity index (χ1v) is 6.98. The molecule has 0 aliphatic carbocycles. The lowest BCUT2D eigenvalue weighted by molar-refractivity contribution is -0.135. The molecule has 0 atom stereocenters. The number of esters is 1. The molecule has 2 rings (SSSR count). The van der Waals surface area contributed by atoms with Crippen LogP contribution < -0.4 is 5.43 Å². The van der Waals surface area contributed by atoms with Crippen LogP contribution in [-0.2, 0) is 16.0 Å². The Balaban J connectivity index is 2.15. The van der Waals surface area contributed by atoms with E-state index in [0.29, 0.717) is 0 Å². The van der Waals surface area contributed by atoms with Gasteiger partial charge in [0.25, 0.3) is 0 Å². The summed E-state index contributed by atoms with van der Waals surface area (Å²) in [7, 11) is 0. The maximum absolute atomic E-state index is 12.9. The largest absolute Gasteiger partial charge is 0.461 e. The molecule has 0 fully saturated rings. The third-order valence-electron chi connectivity index (χ3n) is 2.89. The predicted molar refractivity (Wildman–Crippen MR) is 84.2 cm³/mol. The van der Waals surface area contributed by atoms with E-state index in [0.717, 1.165) is 11.3 Å². The van der Waals surface area contributed by atoms with Crippen molar-refractivity contribution in [3.05, 3.63) is 66.0 Å². The minimum Gasteiger partial charge on any atom is -0.461 e. The van der Waals surface area contributed by atoms with Crippen LogP contribution in [0.1, 0.15) is 12.5 Å². The molecule has 114 valence electrons. The molecule has 0 radical (unpaired) electrons. The van der Waals surface area contributed by atoms with Crippen LogP contribution in [-0.4, -0.2) is 18.3 Å². The monoisotopic (exact) mass is 300 g/mol. The molecule has 0 amide bonds. The van der Waals surface area contributed by atoms with Gasteiger partial charge in [-0.25, -0.2) is 9.18 Å². The SMILES string of the molecule is CCOC(=O)/C(Cc1ccc(F)cc1)=N/Nc1ccccc1. The quantitative estimate of drug-likeness (QED) is 0.505. The van der Waals surface area contributed by atoms with Crippen molar-refractivity contribution in [3.8, 4) is 0 Å². The summed E-state index contributed by atoms with van der Waals surface area (Å²) in [5.74, 6) is -0.809. The van der Waals surface area contributed by atoms with E-state index in [1.54, 1.807) is 19.1 Å². The Labute approximate surface area is 128 Å². The van der Waals surface area contributed by atoms with Gasteiger partial charge in [-0.1, -0.05) is 30.3 Å². The third-order valence-corrected chi connectivity index (χ3v) is 2.89. The lowest BCUT2D eigenvalue weighted by Crippen LogP contribution is -2.21. The molecule has 1 N–H and O–H groups in total. The van der Waals surface area contributed by atoms with Crippen LogP contribution >= 0.6 is 0 Å². The van der Waals surface area contributed by atoms with Crippen molar-refractivity contribution in [2.75, 3.05) is 12.0 Å². The van der Waals surface area contributed by atoms with E-state index in [-0.39, 0.29) is 24.6 Å². The second-order valence-corrected chi connectivity index (χ2v) is 4.56. The summed E-state index contributed by atoms with van der Waals surface area (Å²) < 4.78 is 17.9. The molecule has 0 unspecified atom stereocenters. The average Bonchev–Trinajstić information content (AvgIpc) is 2.54. The Kier molecular flexibility index (Phi) is 5.65. The highest BCUT2D eigenvalue weighted by Crippen LogP contribution is 2.08. The molecule has 0 saturated carbocycles. The molecule has 0 aliphatic rings. The first-order chi connectivity index (χ1) is 10.7. The molecular weight excluding hydrogens is 283 g/mol. The summed E-state index contributed by atoms with van der Waals surface area (Å²) in [6.07, 6.45) is 0.263. The smallest absolute Gasteiger partial charge is 0.354 e. The van der Waals surface area contributed by atoms with Gasteiger partial charge in [-0.05, 0) is 36.8 Å². The molecule has 0 aromatic heterocycles. The van der Waals surface area contributed by atoms with Crippen molar-refractivity contribution in [2.45, 2.75) is 13.3 Å². The summed E-state index contributed by atoms with van der Waals surface area (Å²) in [6, 6.07) is 15.2. The Morgan fingerprint density at radius 1 is 1.14 bits per heavy atom. The summed E-state index contributed by atoms with van der Waals surface area (Å²) in [5.41, 5.74) is 4.61. The fourth-order valence-corrected chi connectivity index (χ4v) is 1.81. The van der Waals surface area contributed by atoms with Crippen molar-refractivity contribution in [1.29, 1.82) is 0 Å². The zero-order valence-corrected chi connectivity index (χ0v) is 12.3. The molecular formula is C17H17FN2O2. The van der Waals surface area contributed by atoms with Crippen molar-refractivity contribution in [3.63, 3.8) is 0 Å². The second kappa shape index (κ2) is 7.93. The summed E-state index contributed by atoms with van der Waals surface area (Å²) in [5, 5.41) is 4.13. The maximum Gasteiger partial charge on any atom is 0.354 e. The highest BCUT2D eigenvalue weighted by molar-refractivity contribution is 6.37. The van der Waals surface area contributed by atoms with Gasteiger partial charge in [-0.2, -0.15) is 5.10 Å². The van der Waals surface area contributed by atoms with Gasteiger partial charge in [0.1, 0.15) is 11.5 Å². The number of para-hydroxylation sites is 1. The Morgan fingerprint density at radius 3 is 2.45 bits per heavy atom. The number of hydrogen-bond donors (Lipinski definition) is 1. The number of benzene rings is 2. The highest BCUT2D eigenvalue weighted by Gasteiger charge is 2.14. The van der Waals surface area contributed by atoms with E-state index in [9.17, 15) is 9.18 Å². The van der Waals surface area contributed by atoms with Crippen molar-refractivity contribution in [1.82, 2.24) is 0 Å². The number of carbonyl (C=O) groups is 1. The van der Waals surface area contributed by atoms with Gasteiger partial charge in [0.2, 0.25) is 0 Å². The van der Waals surface area contributed by atoms with Gasteiger partial charge in [0, 0.05) is 6.42 Å². The number of carbonyl (C=O) groups excluding carboxylic acids is 1. The van der Waals surface area contributed by atoms with Gasteiger partial charge >= 0.3 is 5.97 Å². The van der Waals surface area contributed by atoms with E-state index in [1.807, 2.05) is 30.3 Å². The van der Waals surface area contributed by atoms with Crippen molar-refractivity contribution in [2.24, 2.45) is 5.10 Å². The van der Waals surface area contributed by atoms with Gasteiger partial charge < -0.3 is 4.74 Å². The lowest BCUT2D eigenvalue weighted by Gasteiger charge is -2.07. The van der Waals surface area contributed by atoms with Gasteiger partial charge in [-0.15, -0.1) is 0 Å². The maximum atomic E-state index is 12.9. The van der Waals surface area contributed by atoms with Crippen LogP contribution in [0, 0.1) is 5.82 Å². The molecule has 0 spiro atoms. The standard InChI is InChI=1S/C17H17FN2O2/c1-2-22-17(21)16(12-13-8-10-14(18)11-9-13)20-19-15-6-4-3-5-7-15/h3-11,19H,2,12H2,1H3/b20-16+. The second-order valence-electron chi connectivity index (χ2n) is 4.56. The zero-order valence-electron chi connectivity index (χ0n) is 12.3. The van der Waals surface area contributed by atoms with E-state index in [2.05, 4.69) is 10.5 Å². The number of anilines is 1. The molecule has 0 aliphatic heterocycles. The summed E-state index contributed by atoms with van der Waals surface area (Å²) in [4.78, 5) is 12.0. The zero-order chi connectivity index (χ0) is 15.8. The van der Waals surface area contributed by atoms with Gasteiger partial charge in [-0.3, -0.25) is 5.43 Å². The number of nitrogens with one attached hydrogen (secondary N) is 1. The number of nitrogens with zero attached hydrogens (tertiary/aromatic N) is 1. The molecule has 0 saturated heterocycles. The molecule has 2 aromatic rings. The van der Waals surface area contributed by atoms with Gasteiger partial charge in [0.05, 0.1) is 12.3 Å². The number of hydrogen-bond acceptors (Lipinski definition) is 4. The van der Waals surface area contributed by atoms with E-state index >= 15 is 0 Å². The first kappa shape index (κ1) is 15.7. The van der Waals surface area contributed by atoms with Crippen LogP contribution in [0.15, 0.2) is 59.7 Å². The Bertz CT molecular complexity index is 639. The molecule has 0 heterocycles. The summed E-state index contributed by atoms with van der Waals surface area (Å²) >= 11 is 0. The number of hydrazone groups is 1. The van der Waals surface area contributed by atoms with Crippen LogP contribution in [0.5, 0.6) is 0 Å². The van der Waals surface area contributed by atoms with Crippen LogP contribution in [0.3, 0.4) is 0 Å². The Hall–Kier alpha value is -2.69. The molecule has 0 bridgehead atoms. The predicted octanol–water partition coefficient (Wildman–Crippen LogP) is 3.40.